The molecule has 0 bridgehead atoms. The summed E-state index contributed by atoms with van der Waals surface area (Å²) in [5, 5.41) is 9.99. The molecule has 0 amide bonds. The zero-order valence-corrected chi connectivity index (χ0v) is 15.7. The van der Waals surface area contributed by atoms with Crippen molar-refractivity contribution in [1.82, 2.24) is 0 Å². The fourth-order valence-corrected chi connectivity index (χ4v) is 3.72. The van der Waals surface area contributed by atoms with E-state index in [1.165, 1.54) is 0 Å². The zero-order valence-electron chi connectivity index (χ0n) is 15.7. The number of carbonyl (C=O) groups is 1. The second-order valence-corrected chi connectivity index (χ2v) is 9.35. The maximum Gasteiger partial charge on any atom is 0.306 e. The smallest absolute Gasteiger partial charge is 0.306 e. The molecule has 0 spiro atoms. The van der Waals surface area contributed by atoms with Crippen molar-refractivity contribution in [3.05, 3.63) is 0 Å². The van der Waals surface area contributed by atoms with E-state index in [9.17, 15) is 9.90 Å². The molecule has 0 aromatic heterocycles. The van der Waals surface area contributed by atoms with Crippen LogP contribution in [0.25, 0.3) is 0 Å². The molecular weight excluding hydrogens is 276 g/mol. The van der Waals surface area contributed by atoms with Gasteiger partial charge in [-0.15, -0.1) is 0 Å². The van der Waals surface area contributed by atoms with Gasteiger partial charge < -0.3 is 9.84 Å². The van der Waals surface area contributed by atoms with Crippen LogP contribution in [-0.2, 0) is 9.53 Å². The first-order valence-electron chi connectivity index (χ1n) is 8.72. The summed E-state index contributed by atoms with van der Waals surface area (Å²) in [6, 6.07) is 0. The summed E-state index contributed by atoms with van der Waals surface area (Å²) in [6.45, 7) is 15.0. The van der Waals surface area contributed by atoms with Crippen LogP contribution in [-0.4, -0.2) is 23.3 Å². The third kappa shape index (κ3) is 5.26. The van der Waals surface area contributed by atoms with Crippen LogP contribution in [0.2, 0.25) is 0 Å². The van der Waals surface area contributed by atoms with Crippen molar-refractivity contribution >= 4 is 5.97 Å². The Kier molecular flexibility index (Phi) is 6.11. The molecular formula is C19H36O3. The van der Waals surface area contributed by atoms with Crippen molar-refractivity contribution in [3.8, 4) is 0 Å². The fourth-order valence-electron chi connectivity index (χ4n) is 3.72. The lowest BCUT2D eigenvalue weighted by atomic mass is 9.58. The van der Waals surface area contributed by atoms with E-state index in [4.69, 9.17) is 4.74 Å². The van der Waals surface area contributed by atoms with Gasteiger partial charge in [0.2, 0.25) is 0 Å². The van der Waals surface area contributed by atoms with Crippen molar-refractivity contribution in [2.75, 3.05) is 6.61 Å². The van der Waals surface area contributed by atoms with Gasteiger partial charge in [0.05, 0.1) is 0 Å². The SMILES string of the molecule is C[C@@H]1C[C@@H](C(C)(C)C)CC[C@]1(CO)CCC(=O)OC(C)(C)C. The van der Waals surface area contributed by atoms with Gasteiger partial charge in [-0.25, -0.2) is 0 Å². The lowest BCUT2D eigenvalue weighted by Crippen LogP contribution is -2.41. The molecule has 1 rings (SSSR count). The van der Waals surface area contributed by atoms with E-state index in [0.29, 0.717) is 23.7 Å². The van der Waals surface area contributed by atoms with Crippen molar-refractivity contribution in [2.45, 2.75) is 86.2 Å². The Morgan fingerprint density at radius 1 is 1.23 bits per heavy atom. The molecule has 1 saturated carbocycles. The van der Waals surface area contributed by atoms with Gasteiger partial charge >= 0.3 is 5.97 Å². The highest BCUT2D eigenvalue weighted by atomic mass is 16.6. The highest BCUT2D eigenvalue weighted by molar-refractivity contribution is 5.69. The topological polar surface area (TPSA) is 46.5 Å². The first kappa shape index (κ1) is 19.5. The van der Waals surface area contributed by atoms with Crippen LogP contribution in [0.5, 0.6) is 0 Å². The van der Waals surface area contributed by atoms with Gasteiger partial charge in [0.15, 0.2) is 0 Å². The molecule has 0 heterocycles. The average molecular weight is 312 g/mol. The van der Waals surface area contributed by atoms with E-state index in [1.807, 2.05) is 20.8 Å². The third-order valence-electron chi connectivity index (χ3n) is 5.46. The van der Waals surface area contributed by atoms with E-state index in [0.717, 1.165) is 25.7 Å². The van der Waals surface area contributed by atoms with Crippen LogP contribution in [0, 0.1) is 22.7 Å². The van der Waals surface area contributed by atoms with E-state index >= 15 is 0 Å². The molecule has 3 atom stereocenters. The molecule has 3 heteroatoms. The summed E-state index contributed by atoms with van der Waals surface area (Å²) in [5.41, 5.74) is -0.224. The molecule has 0 aromatic carbocycles. The number of rotatable bonds is 4. The minimum absolute atomic E-state index is 0.112. The number of carbonyl (C=O) groups excluding carboxylic acids is 1. The molecule has 22 heavy (non-hydrogen) atoms. The number of ether oxygens (including phenoxy) is 1. The number of aliphatic hydroxyl groups is 1. The Morgan fingerprint density at radius 2 is 1.82 bits per heavy atom. The molecule has 0 aliphatic heterocycles. The zero-order chi connectivity index (χ0) is 17.2. The Hall–Kier alpha value is -0.570. The second-order valence-electron chi connectivity index (χ2n) is 9.35. The summed E-state index contributed by atoms with van der Waals surface area (Å²) >= 11 is 0. The van der Waals surface area contributed by atoms with Gasteiger partial charge in [0.25, 0.3) is 0 Å². The maximum atomic E-state index is 12.0. The van der Waals surface area contributed by atoms with E-state index < -0.39 is 5.60 Å². The van der Waals surface area contributed by atoms with Crippen molar-refractivity contribution in [3.63, 3.8) is 0 Å². The Bertz CT molecular complexity index is 375. The van der Waals surface area contributed by atoms with Gasteiger partial charge in [0.1, 0.15) is 5.60 Å². The first-order valence-corrected chi connectivity index (χ1v) is 8.72. The predicted octanol–water partition coefficient (Wildman–Crippen LogP) is 4.57. The maximum absolute atomic E-state index is 12.0. The number of esters is 1. The van der Waals surface area contributed by atoms with E-state index in [-0.39, 0.29) is 18.0 Å². The van der Waals surface area contributed by atoms with Gasteiger partial charge in [0, 0.05) is 13.0 Å². The van der Waals surface area contributed by atoms with Crippen molar-refractivity contribution in [2.24, 2.45) is 22.7 Å². The molecule has 130 valence electrons. The van der Waals surface area contributed by atoms with E-state index in [1.54, 1.807) is 0 Å². The quantitative estimate of drug-likeness (QED) is 0.773. The molecule has 1 N–H and O–H groups in total. The second kappa shape index (κ2) is 6.90. The summed E-state index contributed by atoms with van der Waals surface area (Å²) < 4.78 is 5.41. The lowest BCUT2D eigenvalue weighted by molar-refractivity contribution is -0.156. The summed E-state index contributed by atoms with van der Waals surface area (Å²) in [6.07, 6.45) is 4.43. The monoisotopic (exact) mass is 312 g/mol. The van der Waals surface area contributed by atoms with Crippen LogP contribution < -0.4 is 0 Å². The molecule has 3 nitrogen and oxygen atoms in total. The average Bonchev–Trinajstić information content (AvgIpc) is 2.34. The predicted molar refractivity (Wildman–Crippen MR) is 90.6 cm³/mol. The van der Waals surface area contributed by atoms with Gasteiger partial charge in [-0.05, 0) is 69.1 Å². The Labute approximate surface area is 136 Å². The molecule has 1 aliphatic carbocycles. The molecule has 0 saturated heterocycles. The van der Waals surface area contributed by atoms with Gasteiger partial charge in [-0.3, -0.25) is 4.79 Å². The Morgan fingerprint density at radius 3 is 2.23 bits per heavy atom. The van der Waals surface area contributed by atoms with Crippen LogP contribution >= 0.6 is 0 Å². The number of aliphatic hydroxyl groups excluding tert-OH is 1. The van der Waals surface area contributed by atoms with Crippen molar-refractivity contribution in [1.29, 1.82) is 0 Å². The lowest BCUT2D eigenvalue weighted by Gasteiger charge is -2.48. The minimum Gasteiger partial charge on any atom is -0.460 e. The van der Waals surface area contributed by atoms with E-state index in [2.05, 4.69) is 27.7 Å². The molecule has 1 aliphatic rings. The van der Waals surface area contributed by atoms with Gasteiger partial charge in [-0.2, -0.15) is 0 Å². The van der Waals surface area contributed by atoms with Crippen LogP contribution in [0.15, 0.2) is 0 Å². The largest absolute Gasteiger partial charge is 0.460 e. The summed E-state index contributed by atoms with van der Waals surface area (Å²) in [7, 11) is 0. The Balaban J connectivity index is 2.65. The van der Waals surface area contributed by atoms with Gasteiger partial charge in [-0.1, -0.05) is 27.7 Å². The highest BCUT2D eigenvalue weighted by Crippen LogP contribution is 2.50. The fraction of sp³-hybridized carbons (Fsp3) is 0.947. The molecule has 0 radical (unpaired) electrons. The van der Waals surface area contributed by atoms with Crippen LogP contribution in [0.4, 0.5) is 0 Å². The summed E-state index contributed by atoms with van der Waals surface area (Å²) in [5.74, 6) is 0.993. The van der Waals surface area contributed by atoms with Crippen LogP contribution in [0.1, 0.15) is 80.6 Å². The van der Waals surface area contributed by atoms with Crippen molar-refractivity contribution < 1.29 is 14.6 Å². The third-order valence-corrected chi connectivity index (χ3v) is 5.46. The molecule has 0 aromatic rings. The van der Waals surface area contributed by atoms with Crippen LogP contribution in [0.3, 0.4) is 0 Å². The summed E-state index contributed by atoms with van der Waals surface area (Å²) in [4.78, 5) is 12.0. The highest BCUT2D eigenvalue weighted by Gasteiger charge is 2.43. The molecule has 1 fully saturated rings. The minimum atomic E-state index is -0.432. The number of hydrogen-bond donors (Lipinski definition) is 1. The number of hydrogen-bond acceptors (Lipinski definition) is 3. The standard InChI is InChI=1S/C19H36O3/c1-14-12-15(17(2,3)4)8-10-19(14,13-20)11-9-16(21)22-18(5,6)7/h14-15,20H,8-13H2,1-7H3/t14-,15+,19-/m1/s1. The molecule has 0 unspecified atom stereocenters. The normalized spacial score (nSPS) is 30.2. The first-order chi connectivity index (χ1) is 9.89.